The van der Waals surface area contributed by atoms with Crippen LogP contribution in [0.5, 0.6) is 0 Å². The number of furan rings is 1. The van der Waals surface area contributed by atoms with E-state index in [0.29, 0.717) is 17.6 Å². The minimum absolute atomic E-state index is 0. The molecule has 3 aromatic rings. The Labute approximate surface area is 186 Å². The summed E-state index contributed by atoms with van der Waals surface area (Å²) in [5.41, 5.74) is 0.959. The van der Waals surface area contributed by atoms with E-state index in [1.165, 1.54) is 0 Å². The molecular weight excluding hydrogens is 431 g/mol. The molecule has 1 amide bonds. The lowest BCUT2D eigenvalue weighted by molar-refractivity contribution is 0.0743. The van der Waals surface area contributed by atoms with E-state index in [1.54, 1.807) is 17.4 Å². The number of piperazine rings is 1. The molecule has 2 saturated heterocycles. The first-order valence-corrected chi connectivity index (χ1v) is 10.3. The van der Waals surface area contributed by atoms with Gasteiger partial charge in [-0.3, -0.25) is 9.69 Å². The number of rotatable bonds is 3. The van der Waals surface area contributed by atoms with Crippen LogP contribution >= 0.6 is 36.2 Å². The zero-order chi connectivity index (χ0) is 18.2. The maximum atomic E-state index is 12.9. The Morgan fingerprint density at radius 1 is 1.10 bits per heavy atom. The number of carbonyl (C=O) groups excluding carboxylic acids is 1. The van der Waals surface area contributed by atoms with Gasteiger partial charge in [-0.15, -0.1) is 36.2 Å². The third-order valence-electron chi connectivity index (χ3n) is 5.44. The van der Waals surface area contributed by atoms with Gasteiger partial charge in [-0.05, 0) is 30.7 Å². The predicted octanol–water partition coefficient (Wildman–Crippen LogP) is 3.52. The van der Waals surface area contributed by atoms with Crippen LogP contribution in [0.3, 0.4) is 0 Å². The van der Waals surface area contributed by atoms with E-state index < -0.39 is 0 Å². The molecule has 0 bridgehead atoms. The number of carbonyl (C=O) groups is 1. The third-order valence-corrected chi connectivity index (χ3v) is 6.49. The summed E-state index contributed by atoms with van der Waals surface area (Å²) >= 11 is 1.58. The van der Waals surface area contributed by atoms with Gasteiger partial charge in [-0.1, -0.05) is 12.1 Å². The Bertz CT molecular complexity index is 937. The molecular formula is C20H24Cl2N4O2S. The van der Waals surface area contributed by atoms with E-state index in [1.807, 2.05) is 35.2 Å². The number of nitrogens with one attached hydrogen (secondary N) is 1. The van der Waals surface area contributed by atoms with Gasteiger partial charge in [0.25, 0.3) is 5.91 Å². The average Bonchev–Trinajstić information content (AvgIpc) is 3.46. The molecule has 9 heteroatoms. The molecule has 1 unspecified atom stereocenters. The highest BCUT2D eigenvalue weighted by Gasteiger charge is 2.32. The van der Waals surface area contributed by atoms with Crippen LogP contribution in [0.1, 0.15) is 17.0 Å². The van der Waals surface area contributed by atoms with Crippen molar-refractivity contribution < 1.29 is 9.21 Å². The molecule has 1 atom stereocenters. The molecule has 0 spiro atoms. The maximum Gasteiger partial charge on any atom is 0.289 e. The van der Waals surface area contributed by atoms with Gasteiger partial charge in [0.1, 0.15) is 0 Å². The van der Waals surface area contributed by atoms with Crippen molar-refractivity contribution in [2.45, 2.75) is 12.5 Å². The van der Waals surface area contributed by atoms with Gasteiger partial charge >= 0.3 is 0 Å². The second-order valence-corrected chi connectivity index (χ2v) is 8.16. The molecule has 0 aliphatic carbocycles. The number of aromatic nitrogens is 1. The summed E-state index contributed by atoms with van der Waals surface area (Å²) in [6.45, 7) is 5.79. The zero-order valence-corrected chi connectivity index (χ0v) is 18.3. The van der Waals surface area contributed by atoms with Gasteiger partial charge in [-0.25, -0.2) is 4.98 Å². The first-order valence-electron chi connectivity index (χ1n) is 9.48. The van der Waals surface area contributed by atoms with E-state index in [4.69, 9.17) is 4.42 Å². The normalized spacial score (nSPS) is 19.7. The summed E-state index contributed by atoms with van der Waals surface area (Å²) in [6.07, 6.45) is 1.04. The molecule has 2 aromatic heterocycles. The van der Waals surface area contributed by atoms with Gasteiger partial charge in [0.15, 0.2) is 16.5 Å². The van der Waals surface area contributed by atoms with Gasteiger partial charge in [0, 0.05) is 45.3 Å². The van der Waals surface area contributed by atoms with Crippen LogP contribution in [-0.2, 0) is 0 Å². The van der Waals surface area contributed by atoms with Gasteiger partial charge in [-0.2, -0.15) is 0 Å². The van der Waals surface area contributed by atoms with Crippen molar-refractivity contribution in [3.8, 4) is 10.8 Å². The first kappa shape index (κ1) is 22.1. The fraction of sp³-hybridized carbons (Fsp3) is 0.400. The van der Waals surface area contributed by atoms with Crippen LogP contribution in [0.2, 0.25) is 0 Å². The second kappa shape index (κ2) is 9.45. The molecule has 2 aliphatic rings. The quantitative estimate of drug-likeness (QED) is 0.655. The molecule has 1 N–H and O–H groups in total. The maximum absolute atomic E-state index is 12.9. The van der Waals surface area contributed by atoms with E-state index in [-0.39, 0.29) is 30.7 Å². The SMILES string of the molecule is Cl.Cl.O=C(c1ccc(-c2nc3ccccc3s2)o1)N1CCC(N2CCNCC2)C1. The molecule has 2 aliphatic heterocycles. The van der Waals surface area contributed by atoms with Crippen molar-refractivity contribution in [3.05, 3.63) is 42.2 Å². The number of benzene rings is 1. The number of amides is 1. The smallest absolute Gasteiger partial charge is 0.289 e. The van der Waals surface area contributed by atoms with Crippen molar-refractivity contribution in [1.29, 1.82) is 0 Å². The van der Waals surface area contributed by atoms with Crippen LogP contribution in [0.25, 0.3) is 21.0 Å². The summed E-state index contributed by atoms with van der Waals surface area (Å²) in [5, 5.41) is 4.20. The summed E-state index contributed by atoms with van der Waals surface area (Å²) in [4.78, 5) is 21.9. The highest BCUT2D eigenvalue weighted by molar-refractivity contribution is 7.21. The summed E-state index contributed by atoms with van der Waals surface area (Å²) in [7, 11) is 0. The number of nitrogens with zero attached hydrogens (tertiary/aromatic N) is 3. The van der Waals surface area contributed by atoms with Crippen LogP contribution in [0.4, 0.5) is 0 Å². The number of halogens is 2. The minimum Gasteiger partial charge on any atom is -0.448 e. The van der Waals surface area contributed by atoms with Crippen LogP contribution in [-0.4, -0.2) is 66.0 Å². The lowest BCUT2D eigenvalue weighted by Crippen LogP contribution is -2.49. The molecule has 0 saturated carbocycles. The fourth-order valence-electron chi connectivity index (χ4n) is 3.97. The van der Waals surface area contributed by atoms with E-state index >= 15 is 0 Å². The Hall–Kier alpha value is -1.64. The van der Waals surface area contributed by atoms with E-state index in [9.17, 15) is 4.79 Å². The Balaban J connectivity index is 0.00000120. The summed E-state index contributed by atoms with van der Waals surface area (Å²) < 4.78 is 7.01. The van der Waals surface area contributed by atoms with E-state index in [2.05, 4.69) is 15.2 Å². The van der Waals surface area contributed by atoms with Gasteiger partial charge < -0.3 is 14.6 Å². The Morgan fingerprint density at radius 2 is 1.90 bits per heavy atom. The van der Waals surface area contributed by atoms with Crippen molar-refractivity contribution >= 4 is 52.3 Å². The molecule has 2 fully saturated rings. The molecule has 6 nitrogen and oxygen atoms in total. The third kappa shape index (κ3) is 4.44. The van der Waals surface area contributed by atoms with Crippen molar-refractivity contribution in [2.75, 3.05) is 39.3 Å². The molecule has 5 rings (SSSR count). The number of fused-ring (bicyclic) bond motifs is 1. The van der Waals surface area contributed by atoms with Crippen molar-refractivity contribution in [1.82, 2.24) is 20.1 Å². The molecule has 29 heavy (non-hydrogen) atoms. The van der Waals surface area contributed by atoms with Crippen molar-refractivity contribution in [3.63, 3.8) is 0 Å². The van der Waals surface area contributed by atoms with Gasteiger partial charge in [0.05, 0.1) is 10.2 Å². The molecule has 1 aromatic carbocycles. The summed E-state index contributed by atoms with van der Waals surface area (Å²) in [6, 6.07) is 12.1. The standard InChI is InChI=1S/C20H22N4O2S.2ClH/c25-20(24-10-7-14(13-24)23-11-8-21-9-12-23)17-6-5-16(26-17)19-22-15-3-1-2-4-18(15)27-19;;/h1-6,14,21H,7-13H2;2*1H. The van der Waals surface area contributed by atoms with Gasteiger partial charge in [0.2, 0.25) is 0 Å². The highest BCUT2D eigenvalue weighted by Crippen LogP contribution is 2.31. The van der Waals surface area contributed by atoms with Crippen LogP contribution in [0.15, 0.2) is 40.8 Å². The predicted molar refractivity (Wildman–Crippen MR) is 121 cm³/mol. The number of likely N-dealkylation sites (tertiary alicyclic amines) is 1. The van der Waals surface area contributed by atoms with Crippen LogP contribution < -0.4 is 5.32 Å². The fourth-order valence-corrected chi connectivity index (χ4v) is 4.90. The topological polar surface area (TPSA) is 61.6 Å². The molecule has 0 radical (unpaired) electrons. The number of para-hydroxylation sites is 1. The second-order valence-electron chi connectivity index (χ2n) is 7.13. The highest BCUT2D eigenvalue weighted by atomic mass is 35.5. The lowest BCUT2D eigenvalue weighted by atomic mass is 10.2. The first-order chi connectivity index (χ1) is 13.3. The van der Waals surface area contributed by atoms with Crippen molar-refractivity contribution in [2.24, 2.45) is 0 Å². The number of hydrogen-bond acceptors (Lipinski definition) is 6. The molecule has 4 heterocycles. The Morgan fingerprint density at radius 3 is 2.69 bits per heavy atom. The Kier molecular flexibility index (Phi) is 7.19. The number of thiazole rings is 1. The van der Waals surface area contributed by atoms with Crippen LogP contribution in [0, 0.1) is 0 Å². The average molecular weight is 455 g/mol. The lowest BCUT2D eigenvalue weighted by Gasteiger charge is -2.32. The number of hydrogen-bond donors (Lipinski definition) is 1. The minimum atomic E-state index is -0.0139. The molecule has 156 valence electrons. The zero-order valence-electron chi connectivity index (χ0n) is 15.9. The van der Waals surface area contributed by atoms with E-state index in [0.717, 1.165) is 60.9 Å². The largest absolute Gasteiger partial charge is 0.448 e. The monoisotopic (exact) mass is 454 g/mol. The summed E-state index contributed by atoms with van der Waals surface area (Å²) in [5.74, 6) is 1.06.